The van der Waals surface area contributed by atoms with Gasteiger partial charge in [0.2, 0.25) is 0 Å². The van der Waals surface area contributed by atoms with E-state index in [0.29, 0.717) is 28.7 Å². The van der Waals surface area contributed by atoms with Crippen LogP contribution in [0.25, 0.3) is 83.5 Å². The second kappa shape index (κ2) is 13.1. The van der Waals surface area contributed by atoms with Crippen molar-refractivity contribution in [2.24, 2.45) is 0 Å². The van der Waals surface area contributed by atoms with E-state index in [2.05, 4.69) is 105 Å². The smallest absolute Gasteiger partial charge is 0.187 e. The molecule has 7 aromatic carbocycles. The third-order valence-electron chi connectivity index (χ3n) is 12.2. The maximum atomic E-state index is 9.72. The molecule has 0 saturated heterocycles. The minimum atomic E-state index is -0.287. The highest BCUT2D eigenvalue weighted by Gasteiger charge is 2.37. The summed E-state index contributed by atoms with van der Waals surface area (Å²) in [5, 5.41) is 9.72. The molecule has 0 atom stereocenters. The molecule has 0 fully saturated rings. The molecular weight excluding hydrogens is 707 g/mol. The molecule has 0 amide bonds. The topological polar surface area (TPSA) is 66.8 Å². The number of rotatable bonds is 5. The second-order valence-corrected chi connectivity index (χ2v) is 16.3. The van der Waals surface area contributed by atoms with Crippen LogP contribution in [0.3, 0.4) is 0 Å². The third kappa shape index (κ3) is 5.55. The van der Waals surface area contributed by atoms with Gasteiger partial charge in [-0.2, -0.15) is 5.26 Å². The van der Waals surface area contributed by atoms with Crippen LogP contribution in [-0.4, -0.2) is 15.0 Å². The van der Waals surface area contributed by atoms with E-state index in [1.54, 1.807) is 0 Å². The van der Waals surface area contributed by atoms with Gasteiger partial charge in [0.25, 0.3) is 0 Å². The van der Waals surface area contributed by atoms with Crippen molar-refractivity contribution in [2.75, 3.05) is 0 Å². The highest BCUT2D eigenvalue weighted by Crippen LogP contribution is 2.52. The molecule has 0 spiro atoms. The zero-order chi connectivity index (χ0) is 39.8. The van der Waals surface area contributed by atoms with Crippen molar-refractivity contribution >= 4 is 5.69 Å². The van der Waals surface area contributed by atoms with Crippen molar-refractivity contribution in [3.05, 3.63) is 191 Å². The Morgan fingerprint density at radius 2 is 0.845 bits per heavy atom. The Morgan fingerprint density at radius 3 is 1.33 bits per heavy atom. The fourth-order valence-corrected chi connectivity index (χ4v) is 8.99. The van der Waals surface area contributed by atoms with Gasteiger partial charge in [-0.05, 0) is 109 Å². The second-order valence-electron chi connectivity index (χ2n) is 16.3. The van der Waals surface area contributed by atoms with Gasteiger partial charge in [-0.15, -0.1) is 0 Å². The van der Waals surface area contributed by atoms with E-state index < -0.39 is 0 Å². The van der Waals surface area contributed by atoms with Crippen molar-refractivity contribution in [2.45, 2.75) is 38.5 Å². The number of benzene rings is 7. The highest BCUT2D eigenvalue weighted by atomic mass is 15.0. The van der Waals surface area contributed by atoms with Crippen molar-refractivity contribution < 1.29 is 0 Å². The van der Waals surface area contributed by atoms with E-state index in [4.69, 9.17) is 21.5 Å². The van der Waals surface area contributed by atoms with Gasteiger partial charge < -0.3 is 0 Å². The molecule has 274 valence electrons. The molecule has 0 N–H and O–H groups in total. The zero-order valence-electron chi connectivity index (χ0n) is 32.7. The third-order valence-corrected chi connectivity index (χ3v) is 12.2. The van der Waals surface area contributed by atoms with Crippen LogP contribution in [0, 0.1) is 17.9 Å². The first-order valence-corrected chi connectivity index (χ1v) is 19.5. The molecule has 0 unspecified atom stereocenters. The predicted octanol–water partition coefficient (Wildman–Crippen LogP) is 13.2. The summed E-state index contributed by atoms with van der Waals surface area (Å²) >= 11 is 0. The Kier molecular flexibility index (Phi) is 7.87. The van der Waals surface area contributed by atoms with E-state index in [-0.39, 0.29) is 10.8 Å². The van der Waals surface area contributed by atoms with Crippen LogP contribution in [0.5, 0.6) is 0 Å². The molecule has 10 rings (SSSR count). The average molecular weight is 744 g/mol. The van der Waals surface area contributed by atoms with Gasteiger partial charge in [0.15, 0.2) is 23.2 Å². The molecule has 0 saturated carbocycles. The number of aromatic nitrogens is 3. The van der Waals surface area contributed by atoms with E-state index in [1.165, 1.54) is 44.5 Å². The lowest BCUT2D eigenvalue weighted by Gasteiger charge is -2.23. The van der Waals surface area contributed by atoms with Crippen molar-refractivity contribution in [1.82, 2.24) is 15.0 Å². The van der Waals surface area contributed by atoms with Gasteiger partial charge in [0.05, 0.1) is 18.2 Å². The summed E-state index contributed by atoms with van der Waals surface area (Å²) in [5.41, 5.74) is 17.3. The summed E-state index contributed by atoms with van der Waals surface area (Å²) in [6, 6.07) is 54.8. The monoisotopic (exact) mass is 743 g/mol. The molecule has 0 bridgehead atoms. The summed E-state index contributed by atoms with van der Waals surface area (Å²) in [5.74, 6) is 1.82. The molecule has 1 aromatic heterocycles. The van der Waals surface area contributed by atoms with Gasteiger partial charge in [-0.25, -0.2) is 19.8 Å². The zero-order valence-corrected chi connectivity index (χ0v) is 32.7. The molecular formula is C53H37N5. The molecule has 1 heterocycles. The average Bonchev–Trinajstić information content (AvgIpc) is 3.64. The lowest BCUT2D eigenvalue weighted by Crippen LogP contribution is -2.15. The molecule has 0 radical (unpaired) electrons. The van der Waals surface area contributed by atoms with Crippen LogP contribution in [0.15, 0.2) is 152 Å². The van der Waals surface area contributed by atoms with Gasteiger partial charge in [-0.1, -0.05) is 137 Å². The van der Waals surface area contributed by atoms with Crippen LogP contribution in [-0.2, 0) is 10.8 Å². The van der Waals surface area contributed by atoms with Crippen molar-refractivity contribution in [1.29, 1.82) is 5.26 Å². The lowest BCUT2D eigenvalue weighted by atomic mass is 9.80. The first-order valence-electron chi connectivity index (χ1n) is 19.5. The summed E-state index contributed by atoms with van der Waals surface area (Å²) in [6.45, 7) is 16.7. The minimum absolute atomic E-state index is 0.281. The van der Waals surface area contributed by atoms with Gasteiger partial charge in [-0.3, -0.25) is 0 Å². The number of nitriles is 1. The minimum Gasteiger partial charge on any atom is -0.238 e. The molecule has 5 nitrogen and oxygen atoms in total. The summed E-state index contributed by atoms with van der Waals surface area (Å²) in [4.78, 5) is 19.0. The van der Waals surface area contributed by atoms with Crippen LogP contribution >= 0.6 is 0 Å². The normalized spacial score (nSPS) is 13.8. The quantitative estimate of drug-likeness (QED) is 0.165. The Morgan fingerprint density at radius 1 is 0.431 bits per heavy atom. The van der Waals surface area contributed by atoms with Gasteiger partial charge in [0, 0.05) is 27.5 Å². The van der Waals surface area contributed by atoms with Crippen molar-refractivity contribution in [3.8, 4) is 84.7 Å². The summed E-state index contributed by atoms with van der Waals surface area (Å²) < 4.78 is 0. The largest absolute Gasteiger partial charge is 0.238 e. The number of nitrogens with zero attached hydrogens (tertiary/aromatic N) is 5. The van der Waals surface area contributed by atoms with E-state index in [0.717, 1.165) is 38.9 Å². The van der Waals surface area contributed by atoms with E-state index in [1.807, 2.05) is 84.9 Å². The van der Waals surface area contributed by atoms with Gasteiger partial charge in [0.1, 0.15) is 0 Å². The fourth-order valence-electron chi connectivity index (χ4n) is 8.99. The molecule has 8 aromatic rings. The molecule has 2 aliphatic carbocycles. The Labute approximate surface area is 338 Å². The van der Waals surface area contributed by atoms with Crippen molar-refractivity contribution in [3.63, 3.8) is 0 Å². The number of hydrogen-bond donors (Lipinski definition) is 0. The fraction of sp³-hybridized carbons (Fsp3) is 0.113. The van der Waals surface area contributed by atoms with Crippen LogP contribution in [0.4, 0.5) is 5.69 Å². The molecule has 2 aliphatic rings. The van der Waals surface area contributed by atoms with Gasteiger partial charge >= 0.3 is 0 Å². The summed E-state index contributed by atoms with van der Waals surface area (Å²) in [7, 11) is 0. The number of hydrogen-bond acceptors (Lipinski definition) is 4. The van der Waals surface area contributed by atoms with Crippen LogP contribution in [0.2, 0.25) is 0 Å². The maximum Gasteiger partial charge on any atom is 0.187 e. The van der Waals surface area contributed by atoms with E-state index >= 15 is 0 Å². The molecule has 0 aliphatic heterocycles. The first-order chi connectivity index (χ1) is 28.1. The molecule has 58 heavy (non-hydrogen) atoms. The lowest BCUT2D eigenvalue weighted by molar-refractivity contribution is 0.660. The van der Waals surface area contributed by atoms with E-state index in [9.17, 15) is 5.26 Å². The number of fused-ring (bicyclic) bond motifs is 6. The SMILES string of the molecule is [C-]#[N+]c1ccc2c(c1)C(C)(C)c1cc(-c3cc(-c4ccc5c(c4)C(C)(C)c4cc(C#N)ccc4-5)cc(-c4nc(-c5ccccc5)nc(-c5ccccc5)n4)c3)ccc1-2. The first kappa shape index (κ1) is 35.0. The van der Waals surface area contributed by atoms with Crippen LogP contribution < -0.4 is 0 Å². The van der Waals surface area contributed by atoms with Crippen LogP contribution in [0.1, 0.15) is 55.5 Å². The summed E-state index contributed by atoms with van der Waals surface area (Å²) in [6.07, 6.45) is 0. The Bertz CT molecular complexity index is 2870. The molecule has 5 heteroatoms. The standard InChI is InChI=1S/C53H37N5/c1-52(2)45-24-32(31-54)16-20-41(45)42-21-17-35(28-46(42)52)37-25-38(36-18-22-43-44-23-19-40(55-5)30-48(44)53(3,4)47(43)29-36)27-39(26-37)51-57-49(33-12-8-6-9-13-33)56-50(58-51)34-14-10-7-11-15-34/h6-30H,1-4H3. The Hall–Kier alpha value is -7.47. The predicted molar refractivity (Wildman–Crippen MR) is 233 cm³/mol. The Balaban J connectivity index is 1.18. The maximum absolute atomic E-state index is 9.72. The highest BCUT2D eigenvalue weighted by molar-refractivity contribution is 5.89.